The van der Waals surface area contributed by atoms with Crippen molar-refractivity contribution in [1.29, 1.82) is 0 Å². The molecule has 0 radical (unpaired) electrons. The predicted octanol–water partition coefficient (Wildman–Crippen LogP) is 2.53. The van der Waals surface area contributed by atoms with E-state index in [-0.39, 0.29) is 24.3 Å². The number of benzene rings is 2. The maximum Gasteiger partial charge on any atom is 0.326 e. The van der Waals surface area contributed by atoms with Crippen molar-refractivity contribution in [3.8, 4) is 0 Å². The fourth-order valence-corrected chi connectivity index (χ4v) is 2.68. The molecule has 2 aromatic carbocycles. The number of amides is 2. The van der Waals surface area contributed by atoms with Gasteiger partial charge >= 0.3 is 5.97 Å². The summed E-state index contributed by atoms with van der Waals surface area (Å²) < 4.78 is 0. The summed E-state index contributed by atoms with van der Waals surface area (Å²) in [7, 11) is 0. The molecule has 3 N–H and O–H groups in total. The first-order valence-electron chi connectivity index (χ1n) is 9.11. The lowest BCUT2D eigenvalue weighted by molar-refractivity contribution is -0.141. The zero-order chi connectivity index (χ0) is 20.7. The van der Waals surface area contributed by atoms with Gasteiger partial charge in [0, 0.05) is 12.0 Å². The third-order valence-electron chi connectivity index (χ3n) is 4.34. The second-order valence-corrected chi connectivity index (χ2v) is 7.66. The van der Waals surface area contributed by atoms with Gasteiger partial charge in [-0.25, -0.2) is 4.79 Å². The van der Waals surface area contributed by atoms with Crippen LogP contribution in [-0.4, -0.2) is 35.5 Å². The molecule has 0 heterocycles. The third kappa shape index (κ3) is 6.23. The van der Waals surface area contributed by atoms with Crippen molar-refractivity contribution in [2.45, 2.75) is 38.6 Å². The van der Waals surface area contributed by atoms with Crippen LogP contribution in [0.3, 0.4) is 0 Å². The molecule has 0 saturated carbocycles. The van der Waals surface area contributed by atoms with Gasteiger partial charge in [0.1, 0.15) is 6.04 Å². The summed E-state index contributed by atoms with van der Waals surface area (Å²) in [5.74, 6) is -2.06. The molecule has 2 amide bonds. The van der Waals surface area contributed by atoms with E-state index in [1.165, 1.54) is 0 Å². The van der Waals surface area contributed by atoms with Crippen LogP contribution in [0, 0.1) is 0 Å². The Labute approximate surface area is 165 Å². The van der Waals surface area contributed by atoms with E-state index >= 15 is 0 Å². The molecule has 0 bridgehead atoms. The van der Waals surface area contributed by atoms with Gasteiger partial charge in [-0.2, -0.15) is 0 Å². The van der Waals surface area contributed by atoms with Crippen LogP contribution in [0.15, 0.2) is 54.6 Å². The van der Waals surface area contributed by atoms with E-state index in [9.17, 15) is 19.5 Å². The number of carboxylic acid groups (broad SMARTS) is 1. The molecule has 0 aliphatic heterocycles. The van der Waals surface area contributed by atoms with E-state index in [1.54, 1.807) is 36.4 Å². The number of carbonyl (C=O) groups is 3. The molecule has 0 aromatic heterocycles. The summed E-state index contributed by atoms with van der Waals surface area (Å²) in [5.41, 5.74) is 2.34. The minimum atomic E-state index is -1.12. The lowest BCUT2D eigenvalue weighted by atomic mass is 9.87. The number of hydrogen-bond donors (Lipinski definition) is 3. The van der Waals surface area contributed by atoms with Crippen molar-refractivity contribution in [3.63, 3.8) is 0 Å². The summed E-state index contributed by atoms with van der Waals surface area (Å²) in [6.07, 6.45) is 0.171. The number of aliphatic carboxylic acids is 1. The number of carbonyl (C=O) groups excluding carboxylic acids is 2. The Hall–Kier alpha value is -3.15. The smallest absolute Gasteiger partial charge is 0.326 e. The molecule has 6 nitrogen and oxygen atoms in total. The van der Waals surface area contributed by atoms with Crippen LogP contribution in [0.25, 0.3) is 0 Å². The normalized spacial score (nSPS) is 12.1. The third-order valence-corrected chi connectivity index (χ3v) is 4.34. The lowest BCUT2D eigenvalue weighted by Crippen LogP contribution is -2.46. The summed E-state index contributed by atoms with van der Waals surface area (Å²) in [6, 6.07) is 15.2. The molecule has 6 heteroatoms. The summed E-state index contributed by atoms with van der Waals surface area (Å²) in [5, 5.41) is 14.3. The van der Waals surface area contributed by atoms with Gasteiger partial charge in [0.25, 0.3) is 5.91 Å². The first-order chi connectivity index (χ1) is 13.2. The Balaban J connectivity index is 1.89. The molecule has 0 aliphatic carbocycles. The first-order valence-corrected chi connectivity index (χ1v) is 9.11. The quantitative estimate of drug-likeness (QED) is 0.686. The Kier molecular flexibility index (Phi) is 6.93. The summed E-state index contributed by atoms with van der Waals surface area (Å²) in [4.78, 5) is 35.7. The van der Waals surface area contributed by atoms with Crippen LogP contribution < -0.4 is 10.6 Å². The van der Waals surface area contributed by atoms with Gasteiger partial charge in [0.15, 0.2) is 0 Å². The SMILES string of the molecule is CC(C)(C)c1ccc(C(=O)NCC(=O)N[C@@H](Cc2ccccc2)C(=O)O)cc1. The first kappa shape index (κ1) is 21.2. The van der Waals surface area contributed by atoms with Crippen molar-refractivity contribution in [2.75, 3.05) is 6.54 Å². The van der Waals surface area contributed by atoms with Crippen LogP contribution in [0.4, 0.5) is 0 Å². The zero-order valence-corrected chi connectivity index (χ0v) is 16.4. The molecule has 0 fully saturated rings. The highest BCUT2D eigenvalue weighted by molar-refractivity contribution is 5.96. The monoisotopic (exact) mass is 382 g/mol. The molecular formula is C22H26N2O4. The molecule has 2 rings (SSSR count). The van der Waals surface area contributed by atoms with Gasteiger partial charge in [0.2, 0.25) is 5.91 Å². The molecule has 2 aromatic rings. The van der Waals surface area contributed by atoms with Gasteiger partial charge in [-0.15, -0.1) is 0 Å². The van der Waals surface area contributed by atoms with Crippen LogP contribution in [0.1, 0.15) is 42.3 Å². The van der Waals surface area contributed by atoms with E-state index in [4.69, 9.17) is 0 Å². The van der Waals surface area contributed by atoms with Crippen LogP contribution in [-0.2, 0) is 21.4 Å². The van der Waals surface area contributed by atoms with Crippen molar-refractivity contribution < 1.29 is 19.5 Å². The van der Waals surface area contributed by atoms with E-state index < -0.39 is 17.9 Å². The molecule has 1 atom stereocenters. The van der Waals surface area contributed by atoms with Gasteiger partial charge < -0.3 is 15.7 Å². The highest BCUT2D eigenvalue weighted by atomic mass is 16.4. The van der Waals surface area contributed by atoms with Gasteiger partial charge in [-0.05, 0) is 28.7 Å². The maximum absolute atomic E-state index is 12.2. The standard InChI is InChI=1S/C22H26N2O4/c1-22(2,3)17-11-9-16(10-12-17)20(26)23-14-19(25)24-18(21(27)28)13-15-7-5-4-6-8-15/h4-12,18H,13-14H2,1-3H3,(H,23,26)(H,24,25)(H,27,28)/t18-/m0/s1. The number of rotatable bonds is 7. The fraction of sp³-hybridized carbons (Fsp3) is 0.318. The second kappa shape index (κ2) is 9.17. The zero-order valence-electron chi connectivity index (χ0n) is 16.4. The van der Waals surface area contributed by atoms with Crippen molar-refractivity contribution in [2.24, 2.45) is 0 Å². The van der Waals surface area contributed by atoms with Gasteiger partial charge in [0.05, 0.1) is 6.54 Å². The molecule has 0 aliphatic rings. The summed E-state index contributed by atoms with van der Waals surface area (Å²) in [6.45, 7) is 5.96. The molecular weight excluding hydrogens is 356 g/mol. The Morgan fingerprint density at radius 2 is 1.57 bits per heavy atom. The Bertz CT molecular complexity index is 824. The summed E-state index contributed by atoms with van der Waals surface area (Å²) >= 11 is 0. The molecule has 148 valence electrons. The molecule has 0 unspecified atom stereocenters. The Morgan fingerprint density at radius 3 is 2.11 bits per heavy atom. The van der Waals surface area contributed by atoms with Crippen LogP contribution in [0.2, 0.25) is 0 Å². The predicted molar refractivity (Wildman–Crippen MR) is 107 cm³/mol. The van der Waals surface area contributed by atoms with Crippen molar-refractivity contribution in [1.82, 2.24) is 10.6 Å². The molecule has 28 heavy (non-hydrogen) atoms. The highest BCUT2D eigenvalue weighted by Gasteiger charge is 2.21. The minimum Gasteiger partial charge on any atom is -0.480 e. The lowest BCUT2D eigenvalue weighted by Gasteiger charge is -2.19. The van der Waals surface area contributed by atoms with E-state index in [0.717, 1.165) is 11.1 Å². The van der Waals surface area contributed by atoms with E-state index in [1.807, 2.05) is 18.2 Å². The average Bonchev–Trinajstić information content (AvgIpc) is 2.65. The van der Waals surface area contributed by atoms with Gasteiger partial charge in [-0.3, -0.25) is 9.59 Å². The second-order valence-electron chi connectivity index (χ2n) is 7.66. The Morgan fingerprint density at radius 1 is 0.964 bits per heavy atom. The van der Waals surface area contributed by atoms with E-state index in [0.29, 0.717) is 5.56 Å². The largest absolute Gasteiger partial charge is 0.480 e. The highest BCUT2D eigenvalue weighted by Crippen LogP contribution is 2.22. The van der Waals surface area contributed by atoms with Crippen molar-refractivity contribution >= 4 is 17.8 Å². The number of nitrogens with one attached hydrogen (secondary N) is 2. The fourth-order valence-electron chi connectivity index (χ4n) is 2.68. The minimum absolute atomic E-state index is 0.0144. The topological polar surface area (TPSA) is 95.5 Å². The number of hydrogen-bond acceptors (Lipinski definition) is 3. The van der Waals surface area contributed by atoms with Crippen LogP contribution >= 0.6 is 0 Å². The van der Waals surface area contributed by atoms with Gasteiger partial charge in [-0.1, -0.05) is 63.2 Å². The molecule has 0 saturated heterocycles. The van der Waals surface area contributed by atoms with E-state index in [2.05, 4.69) is 31.4 Å². The maximum atomic E-state index is 12.2. The average molecular weight is 382 g/mol. The van der Waals surface area contributed by atoms with Crippen LogP contribution in [0.5, 0.6) is 0 Å². The van der Waals surface area contributed by atoms with Crippen molar-refractivity contribution in [3.05, 3.63) is 71.3 Å². The number of carboxylic acids is 1. The molecule has 0 spiro atoms.